The summed E-state index contributed by atoms with van der Waals surface area (Å²) >= 11 is 0. The number of rotatable bonds is 8. The second kappa shape index (κ2) is 13.0. The van der Waals surface area contributed by atoms with Crippen LogP contribution in [-0.4, -0.2) is 51.6 Å². The molecule has 2 N–H and O–H groups in total. The number of ether oxygens (including phenoxy) is 2. The summed E-state index contributed by atoms with van der Waals surface area (Å²) in [4.78, 5) is 18.0. The van der Waals surface area contributed by atoms with Gasteiger partial charge in [0.15, 0.2) is 17.5 Å². The van der Waals surface area contributed by atoms with Crippen molar-refractivity contribution >= 4 is 35.8 Å². The van der Waals surface area contributed by atoms with Gasteiger partial charge >= 0.3 is 0 Å². The van der Waals surface area contributed by atoms with Gasteiger partial charge in [-0.05, 0) is 42.3 Å². The zero-order chi connectivity index (χ0) is 22.1. The van der Waals surface area contributed by atoms with Crippen LogP contribution >= 0.6 is 24.0 Å². The largest absolute Gasteiger partial charge is 0.497 e. The molecule has 2 rings (SSSR count). The number of aliphatic imine (C=N–C) groups is 1. The lowest BCUT2D eigenvalue weighted by Gasteiger charge is -2.20. The van der Waals surface area contributed by atoms with Crippen LogP contribution in [0.2, 0.25) is 0 Å². The molecule has 1 unspecified atom stereocenters. The zero-order valence-electron chi connectivity index (χ0n) is 18.4. The van der Waals surface area contributed by atoms with Gasteiger partial charge in [-0.15, -0.1) is 24.0 Å². The van der Waals surface area contributed by atoms with Crippen molar-refractivity contribution in [3.05, 3.63) is 59.4 Å². The van der Waals surface area contributed by atoms with Crippen molar-refractivity contribution in [3.8, 4) is 11.5 Å². The Hall–Kier alpha value is -2.56. The summed E-state index contributed by atoms with van der Waals surface area (Å²) in [6.07, 6.45) is 0. The van der Waals surface area contributed by atoms with Gasteiger partial charge in [-0.2, -0.15) is 0 Å². The Labute approximate surface area is 200 Å². The minimum atomic E-state index is -0.434. The minimum Gasteiger partial charge on any atom is -0.497 e. The number of methoxy groups -OCH3 is 2. The Balaban J connectivity index is 0.00000480. The number of hydrogen-bond acceptors (Lipinski definition) is 4. The summed E-state index contributed by atoms with van der Waals surface area (Å²) in [5.74, 6) is 0.887. The van der Waals surface area contributed by atoms with Crippen LogP contribution < -0.4 is 20.1 Å². The van der Waals surface area contributed by atoms with Gasteiger partial charge in [-0.25, -0.2) is 9.38 Å². The maximum absolute atomic E-state index is 14.1. The molecule has 0 aliphatic heterocycles. The van der Waals surface area contributed by atoms with Crippen molar-refractivity contribution < 1.29 is 18.7 Å². The fourth-order valence-corrected chi connectivity index (χ4v) is 2.61. The highest BCUT2D eigenvalue weighted by molar-refractivity contribution is 14.0. The first kappa shape index (κ1) is 26.5. The predicted octanol–water partition coefficient (Wildman–Crippen LogP) is 3.35. The summed E-state index contributed by atoms with van der Waals surface area (Å²) in [7, 11) is 6.42. The number of amides is 1. The SMILES string of the molecule is COc1ccc(CN=C(NCC(=O)N(C)C)NC(C)c2ccc(OC)c(F)c2)cc1.I. The quantitative estimate of drug-likeness (QED) is 0.303. The van der Waals surface area contributed by atoms with E-state index >= 15 is 0 Å². The summed E-state index contributed by atoms with van der Waals surface area (Å²) in [5.41, 5.74) is 1.71. The first-order valence-electron chi connectivity index (χ1n) is 9.55. The van der Waals surface area contributed by atoms with Gasteiger partial charge < -0.3 is 25.0 Å². The average molecular weight is 544 g/mol. The van der Waals surface area contributed by atoms with E-state index in [0.717, 1.165) is 16.9 Å². The lowest BCUT2D eigenvalue weighted by atomic mass is 10.1. The second-order valence-electron chi connectivity index (χ2n) is 6.91. The summed E-state index contributed by atoms with van der Waals surface area (Å²) < 4.78 is 24.2. The van der Waals surface area contributed by atoms with Crippen LogP contribution in [0.1, 0.15) is 24.1 Å². The van der Waals surface area contributed by atoms with Gasteiger partial charge in [-0.3, -0.25) is 4.79 Å². The van der Waals surface area contributed by atoms with Crippen molar-refractivity contribution in [2.24, 2.45) is 4.99 Å². The third-order valence-corrected chi connectivity index (χ3v) is 4.51. The number of nitrogens with zero attached hydrogens (tertiary/aromatic N) is 2. The van der Waals surface area contributed by atoms with Crippen molar-refractivity contribution in [2.45, 2.75) is 19.5 Å². The molecule has 9 heteroatoms. The van der Waals surface area contributed by atoms with Crippen molar-refractivity contribution in [1.82, 2.24) is 15.5 Å². The van der Waals surface area contributed by atoms with E-state index < -0.39 is 5.82 Å². The molecule has 0 spiro atoms. The summed E-state index contributed by atoms with van der Waals surface area (Å²) in [6, 6.07) is 12.1. The van der Waals surface area contributed by atoms with E-state index in [1.54, 1.807) is 33.3 Å². The molecular weight excluding hydrogens is 514 g/mol. The first-order valence-corrected chi connectivity index (χ1v) is 9.55. The van der Waals surface area contributed by atoms with Gasteiger partial charge in [0.05, 0.1) is 33.4 Å². The van der Waals surface area contributed by atoms with Crippen molar-refractivity contribution in [2.75, 3.05) is 34.9 Å². The minimum absolute atomic E-state index is 0. The lowest BCUT2D eigenvalue weighted by Crippen LogP contribution is -2.43. The summed E-state index contributed by atoms with van der Waals surface area (Å²) in [6.45, 7) is 2.38. The number of hydrogen-bond donors (Lipinski definition) is 2. The van der Waals surface area contributed by atoms with E-state index in [4.69, 9.17) is 9.47 Å². The van der Waals surface area contributed by atoms with Crippen molar-refractivity contribution in [1.29, 1.82) is 0 Å². The molecule has 1 atom stereocenters. The topological polar surface area (TPSA) is 75.2 Å². The molecule has 0 aliphatic rings. The van der Waals surface area contributed by atoms with Crippen LogP contribution in [-0.2, 0) is 11.3 Å². The van der Waals surface area contributed by atoms with Crippen LogP contribution in [0, 0.1) is 5.82 Å². The maximum Gasteiger partial charge on any atom is 0.241 e. The monoisotopic (exact) mass is 544 g/mol. The lowest BCUT2D eigenvalue weighted by molar-refractivity contribution is -0.127. The zero-order valence-corrected chi connectivity index (χ0v) is 20.8. The normalized spacial score (nSPS) is 11.7. The van der Waals surface area contributed by atoms with Crippen LogP contribution in [0.5, 0.6) is 11.5 Å². The molecule has 1 amide bonds. The van der Waals surface area contributed by atoms with Gasteiger partial charge in [-0.1, -0.05) is 18.2 Å². The van der Waals surface area contributed by atoms with Crippen LogP contribution in [0.3, 0.4) is 0 Å². The molecule has 2 aromatic rings. The third-order valence-electron chi connectivity index (χ3n) is 4.51. The van der Waals surface area contributed by atoms with Gasteiger partial charge in [0, 0.05) is 14.1 Å². The number of carbonyl (C=O) groups is 1. The van der Waals surface area contributed by atoms with E-state index in [-0.39, 0.29) is 48.2 Å². The molecule has 170 valence electrons. The van der Waals surface area contributed by atoms with Crippen LogP contribution in [0.25, 0.3) is 0 Å². The van der Waals surface area contributed by atoms with E-state index in [1.165, 1.54) is 18.1 Å². The third kappa shape index (κ3) is 8.23. The molecule has 0 saturated heterocycles. The molecule has 0 fully saturated rings. The van der Waals surface area contributed by atoms with E-state index in [9.17, 15) is 9.18 Å². The number of likely N-dealkylation sites (N-methyl/N-ethyl adjacent to an activating group) is 1. The van der Waals surface area contributed by atoms with Crippen LogP contribution in [0.4, 0.5) is 4.39 Å². The Bertz CT molecular complexity index is 876. The van der Waals surface area contributed by atoms with E-state index in [2.05, 4.69) is 15.6 Å². The molecule has 0 aliphatic carbocycles. The maximum atomic E-state index is 14.1. The molecule has 0 radical (unpaired) electrons. The Morgan fingerprint density at radius 1 is 1.13 bits per heavy atom. The highest BCUT2D eigenvalue weighted by Gasteiger charge is 2.13. The predicted molar refractivity (Wildman–Crippen MR) is 131 cm³/mol. The number of halogens is 2. The molecular formula is C22H30FIN4O3. The molecule has 7 nitrogen and oxygen atoms in total. The van der Waals surface area contributed by atoms with Gasteiger partial charge in [0.25, 0.3) is 0 Å². The smallest absolute Gasteiger partial charge is 0.241 e. The summed E-state index contributed by atoms with van der Waals surface area (Å²) in [5, 5.41) is 6.26. The Kier molecular flexibility index (Phi) is 11.1. The van der Waals surface area contributed by atoms with Crippen LogP contribution in [0.15, 0.2) is 47.5 Å². The molecule has 0 aromatic heterocycles. The number of carbonyl (C=O) groups excluding carboxylic acids is 1. The Morgan fingerprint density at radius 3 is 2.35 bits per heavy atom. The number of nitrogens with one attached hydrogen (secondary N) is 2. The second-order valence-corrected chi connectivity index (χ2v) is 6.91. The standard InChI is InChI=1S/C22H29FN4O3.HI/c1-15(17-8-11-20(30-5)19(23)12-17)26-22(25-14-21(28)27(2)3)24-13-16-6-9-18(29-4)10-7-16;/h6-12,15H,13-14H2,1-5H3,(H2,24,25,26);1H. The Morgan fingerprint density at radius 2 is 1.81 bits per heavy atom. The van der Waals surface area contributed by atoms with Gasteiger partial charge in [0.1, 0.15) is 5.75 Å². The number of benzene rings is 2. The van der Waals surface area contributed by atoms with Crippen molar-refractivity contribution in [3.63, 3.8) is 0 Å². The highest BCUT2D eigenvalue weighted by atomic mass is 127. The number of guanidine groups is 1. The average Bonchev–Trinajstić information content (AvgIpc) is 2.75. The fourth-order valence-electron chi connectivity index (χ4n) is 2.61. The molecule has 2 aromatic carbocycles. The molecule has 0 bridgehead atoms. The van der Waals surface area contributed by atoms with E-state index in [0.29, 0.717) is 12.5 Å². The first-order chi connectivity index (χ1) is 14.3. The molecule has 31 heavy (non-hydrogen) atoms. The fraction of sp³-hybridized carbons (Fsp3) is 0.364. The molecule has 0 heterocycles. The molecule has 0 saturated carbocycles. The van der Waals surface area contributed by atoms with E-state index in [1.807, 2.05) is 31.2 Å². The highest BCUT2D eigenvalue weighted by Crippen LogP contribution is 2.21. The van der Waals surface area contributed by atoms with Gasteiger partial charge in [0.2, 0.25) is 5.91 Å².